The molecule has 1 unspecified atom stereocenters. The molecule has 4 nitrogen and oxygen atoms in total. The van der Waals surface area contributed by atoms with E-state index in [0.29, 0.717) is 11.5 Å². The molecule has 5 heteroatoms. The van der Waals surface area contributed by atoms with Gasteiger partial charge in [-0.2, -0.15) is 0 Å². The predicted octanol–water partition coefficient (Wildman–Crippen LogP) is 3.47. The number of hydrogen-bond acceptors (Lipinski definition) is 3. The third kappa shape index (κ3) is 3.91. The molecule has 25 heavy (non-hydrogen) atoms. The van der Waals surface area contributed by atoms with E-state index in [2.05, 4.69) is 63.2 Å². The molecule has 1 aromatic carbocycles. The highest BCUT2D eigenvalue weighted by atomic mass is 35.5. The molecule has 1 N–H and O–H groups in total. The van der Waals surface area contributed by atoms with Gasteiger partial charge in [-0.05, 0) is 50.3 Å². The fourth-order valence-corrected chi connectivity index (χ4v) is 4.36. The predicted molar refractivity (Wildman–Crippen MR) is 104 cm³/mol. The van der Waals surface area contributed by atoms with Crippen LogP contribution in [0.2, 0.25) is 0 Å². The molecular formula is C20H29ClN4. The number of halogens is 1. The maximum absolute atomic E-state index is 4.62. The van der Waals surface area contributed by atoms with Crippen molar-refractivity contribution in [2.75, 3.05) is 13.1 Å². The zero-order chi connectivity index (χ0) is 16.4. The molecule has 0 amide bonds. The Morgan fingerprint density at radius 1 is 1.20 bits per heavy atom. The van der Waals surface area contributed by atoms with E-state index in [0.717, 1.165) is 19.6 Å². The van der Waals surface area contributed by atoms with Gasteiger partial charge in [0, 0.05) is 31.5 Å². The minimum atomic E-state index is 0. The number of aryl methyl sites for hydroxylation is 1. The molecule has 2 heterocycles. The summed E-state index contributed by atoms with van der Waals surface area (Å²) in [6, 6.07) is 11.6. The van der Waals surface area contributed by atoms with Crippen LogP contribution in [0.5, 0.6) is 0 Å². The smallest absolute Gasteiger partial charge is 0.122 e. The zero-order valence-electron chi connectivity index (χ0n) is 15.0. The number of rotatable bonds is 6. The van der Waals surface area contributed by atoms with Gasteiger partial charge in [-0.15, -0.1) is 12.4 Å². The van der Waals surface area contributed by atoms with Gasteiger partial charge in [0.1, 0.15) is 5.82 Å². The molecule has 1 saturated heterocycles. The van der Waals surface area contributed by atoms with Gasteiger partial charge >= 0.3 is 0 Å². The number of benzene rings is 1. The van der Waals surface area contributed by atoms with Gasteiger partial charge in [-0.25, -0.2) is 4.98 Å². The second kappa shape index (κ2) is 7.90. The summed E-state index contributed by atoms with van der Waals surface area (Å²) in [5.74, 6) is 1.20. The Labute approximate surface area is 157 Å². The molecule has 0 radical (unpaired) electrons. The van der Waals surface area contributed by atoms with Crippen LogP contribution >= 0.6 is 12.4 Å². The Balaban J connectivity index is 0.00000182. The van der Waals surface area contributed by atoms with Gasteiger partial charge < -0.3 is 9.88 Å². The summed E-state index contributed by atoms with van der Waals surface area (Å²) in [6.45, 7) is 7.53. The maximum atomic E-state index is 4.62. The van der Waals surface area contributed by atoms with Crippen LogP contribution < -0.4 is 5.32 Å². The molecule has 2 aromatic rings. The average Bonchev–Trinajstić information content (AvgIpc) is 3.11. The molecule has 136 valence electrons. The molecule has 1 atom stereocenters. The van der Waals surface area contributed by atoms with Crippen LogP contribution in [0.4, 0.5) is 0 Å². The molecule has 2 aliphatic rings. The number of hydrogen-bond donors (Lipinski definition) is 1. The molecule has 4 rings (SSSR count). The van der Waals surface area contributed by atoms with Crippen LogP contribution in [-0.4, -0.2) is 33.6 Å². The summed E-state index contributed by atoms with van der Waals surface area (Å²) in [6.07, 6.45) is 8.04. The summed E-state index contributed by atoms with van der Waals surface area (Å²) < 4.78 is 2.27. The third-order valence-electron chi connectivity index (χ3n) is 5.90. The topological polar surface area (TPSA) is 33.1 Å². The SMILES string of the molecule is CCn1ccnc1CN(Cc1ccccc1)C1CC12CCNCC2.Cl. The van der Waals surface area contributed by atoms with Gasteiger partial charge in [-0.1, -0.05) is 30.3 Å². The quantitative estimate of drug-likeness (QED) is 0.856. The fraction of sp³-hybridized carbons (Fsp3) is 0.550. The van der Waals surface area contributed by atoms with Crippen molar-refractivity contribution in [2.24, 2.45) is 5.41 Å². The molecule has 1 aromatic heterocycles. The van der Waals surface area contributed by atoms with Crippen molar-refractivity contribution in [1.29, 1.82) is 0 Å². The van der Waals surface area contributed by atoms with E-state index in [-0.39, 0.29) is 12.4 Å². The summed E-state index contributed by atoms with van der Waals surface area (Å²) in [7, 11) is 0. The highest BCUT2D eigenvalue weighted by Crippen LogP contribution is 2.56. The molecule has 1 aliphatic carbocycles. The van der Waals surface area contributed by atoms with Crippen molar-refractivity contribution in [2.45, 2.75) is 51.9 Å². The van der Waals surface area contributed by atoms with E-state index < -0.39 is 0 Å². The first-order chi connectivity index (χ1) is 11.8. The van der Waals surface area contributed by atoms with Crippen molar-refractivity contribution in [3.63, 3.8) is 0 Å². The van der Waals surface area contributed by atoms with E-state index in [4.69, 9.17) is 0 Å². The van der Waals surface area contributed by atoms with Gasteiger partial charge in [0.15, 0.2) is 0 Å². The lowest BCUT2D eigenvalue weighted by molar-refractivity contribution is 0.182. The zero-order valence-corrected chi connectivity index (χ0v) is 15.8. The normalized spacial score (nSPS) is 21.3. The lowest BCUT2D eigenvalue weighted by atomic mass is 9.93. The second-order valence-corrected chi connectivity index (χ2v) is 7.35. The molecule has 1 spiro atoms. The second-order valence-electron chi connectivity index (χ2n) is 7.35. The minimum Gasteiger partial charge on any atom is -0.334 e. The first kappa shape index (κ1) is 18.4. The van der Waals surface area contributed by atoms with Crippen molar-refractivity contribution >= 4 is 12.4 Å². The number of nitrogens with one attached hydrogen (secondary N) is 1. The van der Waals surface area contributed by atoms with Crippen molar-refractivity contribution in [3.05, 3.63) is 54.1 Å². The molecule has 1 saturated carbocycles. The molecule has 1 aliphatic heterocycles. The Bertz CT molecular complexity index is 663. The van der Waals surface area contributed by atoms with Gasteiger partial charge in [0.25, 0.3) is 0 Å². The van der Waals surface area contributed by atoms with Crippen LogP contribution in [0.25, 0.3) is 0 Å². The third-order valence-corrected chi connectivity index (χ3v) is 5.90. The highest BCUT2D eigenvalue weighted by Gasteiger charge is 2.56. The number of aromatic nitrogens is 2. The van der Waals surface area contributed by atoms with E-state index in [1.54, 1.807) is 0 Å². The van der Waals surface area contributed by atoms with Crippen LogP contribution in [0.1, 0.15) is 37.6 Å². The Morgan fingerprint density at radius 2 is 1.96 bits per heavy atom. The molecule has 0 bridgehead atoms. The van der Waals surface area contributed by atoms with Gasteiger partial charge in [0.2, 0.25) is 0 Å². The van der Waals surface area contributed by atoms with Crippen LogP contribution in [0.15, 0.2) is 42.7 Å². The first-order valence-corrected chi connectivity index (χ1v) is 9.29. The molecule has 2 fully saturated rings. The summed E-state index contributed by atoms with van der Waals surface area (Å²) in [5, 5.41) is 3.52. The maximum Gasteiger partial charge on any atom is 0.122 e. The van der Waals surface area contributed by atoms with Gasteiger partial charge in [0.05, 0.1) is 6.54 Å². The summed E-state index contributed by atoms with van der Waals surface area (Å²) in [4.78, 5) is 7.30. The van der Waals surface area contributed by atoms with E-state index in [9.17, 15) is 0 Å². The molecular weight excluding hydrogens is 332 g/mol. The van der Waals surface area contributed by atoms with E-state index >= 15 is 0 Å². The van der Waals surface area contributed by atoms with E-state index in [1.165, 1.54) is 43.7 Å². The van der Waals surface area contributed by atoms with Crippen LogP contribution in [0, 0.1) is 5.41 Å². The van der Waals surface area contributed by atoms with Crippen LogP contribution in [0.3, 0.4) is 0 Å². The number of nitrogens with zero attached hydrogens (tertiary/aromatic N) is 3. The van der Waals surface area contributed by atoms with Crippen LogP contribution in [-0.2, 0) is 19.6 Å². The Hall–Kier alpha value is -1.36. The standard InChI is InChI=1S/C20H28N4.ClH/c1-2-23-13-12-22-19(23)16-24(15-17-6-4-3-5-7-17)18-14-20(18)8-10-21-11-9-20;/h3-7,12-13,18,21H,2,8-11,14-16H2,1H3;1H. The fourth-order valence-electron chi connectivity index (χ4n) is 4.36. The summed E-state index contributed by atoms with van der Waals surface area (Å²) in [5.41, 5.74) is 1.96. The number of imidazole rings is 1. The number of piperidine rings is 1. The van der Waals surface area contributed by atoms with Crippen molar-refractivity contribution in [1.82, 2.24) is 19.8 Å². The first-order valence-electron chi connectivity index (χ1n) is 9.29. The summed E-state index contributed by atoms with van der Waals surface area (Å²) >= 11 is 0. The largest absolute Gasteiger partial charge is 0.334 e. The highest BCUT2D eigenvalue weighted by molar-refractivity contribution is 5.85. The Morgan fingerprint density at radius 3 is 2.68 bits per heavy atom. The lowest BCUT2D eigenvalue weighted by Gasteiger charge is -2.29. The van der Waals surface area contributed by atoms with Crippen molar-refractivity contribution < 1.29 is 0 Å². The van der Waals surface area contributed by atoms with Gasteiger partial charge in [-0.3, -0.25) is 4.90 Å². The lowest BCUT2D eigenvalue weighted by Crippen LogP contribution is -2.36. The van der Waals surface area contributed by atoms with Crippen molar-refractivity contribution in [3.8, 4) is 0 Å². The average molecular weight is 361 g/mol. The Kier molecular flexibility index (Phi) is 5.82. The monoisotopic (exact) mass is 360 g/mol. The minimum absolute atomic E-state index is 0. The van der Waals surface area contributed by atoms with E-state index in [1.807, 2.05) is 6.20 Å².